The zero-order valence-electron chi connectivity index (χ0n) is 7.98. The summed E-state index contributed by atoms with van der Waals surface area (Å²) in [5.74, 6) is 0. The van der Waals surface area contributed by atoms with Crippen LogP contribution in [0.5, 0.6) is 0 Å². The van der Waals surface area contributed by atoms with Crippen molar-refractivity contribution in [2.24, 2.45) is 0 Å². The van der Waals surface area contributed by atoms with Crippen molar-refractivity contribution in [3.05, 3.63) is 23.5 Å². The molecule has 1 saturated carbocycles. The highest BCUT2D eigenvalue weighted by Crippen LogP contribution is 2.23. The molecule has 1 fully saturated rings. The summed E-state index contributed by atoms with van der Waals surface area (Å²) in [6, 6.07) is 3.07. The standard InChI is InChI=1S/C9H11ClN2O2S/c10-9-8(5-2-6-11-9)15(13,14)12-7-3-1-4-7/h2,5-7,12H,1,3-4H2. The largest absolute Gasteiger partial charge is 0.243 e. The third-order valence-electron chi connectivity index (χ3n) is 2.44. The zero-order chi connectivity index (χ0) is 10.9. The van der Waals surface area contributed by atoms with Crippen molar-refractivity contribution in [2.75, 3.05) is 0 Å². The van der Waals surface area contributed by atoms with Crippen LogP contribution in [-0.4, -0.2) is 19.4 Å². The highest BCUT2D eigenvalue weighted by Gasteiger charge is 2.26. The Bertz CT molecular complexity index is 457. The van der Waals surface area contributed by atoms with Crippen LogP contribution in [0.4, 0.5) is 0 Å². The molecule has 0 aromatic carbocycles. The van der Waals surface area contributed by atoms with Gasteiger partial charge in [-0.05, 0) is 25.0 Å². The monoisotopic (exact) mass is 246 g/mol. The molecule has 82 valence electrons. The van der Waals surface area contributed by atoms with Gasteiger partial charge in [0.05, 0.1) is 0 Å². The van der Waals surface area contributed by atoms with Crippen LogP contribution in [0.3, 0.4) is 0 Å². The molecule has 6 heteroatoms. The van der Waals surface area contributed by atoms with Crippen molar-refractivity contribution in [1.82, 2.24) is 9.71 Å². The van der Waals surface area contributed by atoms with Crippen LogP contribution in [0, 0.1) is 0 Å². The lowest BCUT2D eigenvalue weighted by Crippen LogP contribution is -2.39. The molecule has 1 N–H and O–H groups in total. The van der Waals surface area contributed by atoms with E-state index in [0.29, 0.717) is 0 Å². The summed E-state index contributed by atoms with van der Waals surface area (Å²) in [5, 5.41) is 0.0179. The molecule has 0 aliphatic heterocycles. The van der Waals surface area contributed by atoms with Gasteiger partial charge in [0, 0.05) is 12.2 Å². The summed E-state index contributed by atoms with van der Waals surface area (Å²) in [7, 11) is -3.50. The number of aromatic nitrogens is 1. The molecule has 0 radical (unpaired) electrons. The van der Waals surface area contributed by atoms with Gasteiger partial charge in [0.25, 0.3) is 0 Å². The summed E-state index contributed by atoms with van der Waals surface area (Å²) in [4.78, 5) is 3.80. The minimum atomic E-state index is -3.50. The van der Waals surface area contributed by atoms with Gasteiger partial charge >= 0.3 is 0 Å². The van der Waals surface area contributed by atoms with Gasteiger partial charge in [-0.1, -0.05) is 18.0 Å². The summed E-state index contributed by atoms with van der Waals surface area (Å²) in [6.07, 6.45) is 4.34. The molecule has 2 rings (SSSR count). The molecule has 0 unspecified atom stereocenters. The molecule has 0 atom stereocenters. The number of halogens is 1. The van der Waals surface area contributed by atoms with Crippen molar-refractivity contribution in [3.8, 4) is 0 Å². The van der Waals surface area contributed by atoms with E-state index in [4.69, 9.17) is 11.6 Å². The molecule has 4 nitrogen and oxygen atoms in total. The average molecular weight is 247 g/mol. The third-order valence-corrected chi connectivity index (χ3v) is 4.41. The SMILES string of the molecule is O=S(=O)(NC1CCC1)c1cccnc1Cl. The minimum Gasteiger partial charge on any atom is -0.243 e. The van der Waals surface area contributed by atoms with Gasteiger partial charge in [0.15, 0.2) is 0 Å². The van der Waals surface area contributed by atoms with E-state index in [2.05, 4.69) is 9.71 Å². The molecule has 15 heavy (non-hydrogen) atoms. The van der Waals surface area contributed by atoms with E-state index in [1.807, 2.05) is 0 Å². The number of hydrogen-bond donors (Lipinski definition) is 1. The Morgan fingerprint density at radius 1 is 1.47 bits per heavy atom. The van der Waals surface area contributed by atoms with Crippen LogP contribution in [0.15, 0.2) is 23.2 Å². The van der Waals surface area contributed by atoms with E-state index >= 15 is 0 Å². The molecule has 0 amide bonds. The normalized spacial score (nSPS) is 17.4. The molecule has 1 aromatic heterocycles. The molecule has 1 aromatic rings. The Balaban J connectivity index is 2.24. The van der Waals surface area contributed by atoms with E-state index in [0.717, 1.165) is 19.3 Å². The maximum Gasteiger partial charge on any atom is 0.243 e. The highest BCUT2D eigenvalue weighted by atomic mass is 35.5. The Hall–Kier alpha value is -0.650. The fourth-order valence-corrected chi connectivity index (χ4v) is 3.14. The molecular formula is C9H11ClN2O2S. The fourth-order valence-electron chi connectivity index (χ4n) is 1.38. The first-order chi connectivity index (χ1) is 7.09. The number of pyridine rings is 1. The lowest BCUT2D eigenvalue weighted by molar-refractivity contribution is 0.383. The number of nitrogens with one attached hydrogen (secondary N) is 1. The number of hydrogen-bond acceptors (Lipinski definition) is 3. The summed E-state index contributed by atoms with van der Waals surface area (Å²) in [5.41, 5.74) is 0. The Labute approximate surface area is 93.7 Å². The molecule has 0 bridgehead atoms. The summed E-state index contributed by atoms with van der Waals surface area (Å²) in [6.45, 7) is 0. The van der Waals surface area contributed by atoms with Crippen LogP contribution < -0.4 is 4.72 Å². The van der Waals surface area contributed by atoms with Crippen molar-refractivity contribution in [3.63, 3.8) is 0 Å². The smallest absolute Gasteiger partial charge is 0.243 e. The first kappa shape index (κ1) is 10.9. The number of sulfonamides is 1. The quantitative estimate of drug-likeness (QED) is 0.824. The van der Waals surface area contributed by atoms with E-state index < -0.39 is 10.0 Å². The Morgan fingerprint density at radius 3 is 2.73 bits per heavy atom. The predicted molar refractivity (Wildman–Crippen MR) is 57.2 cm³/mol. The average Bonchev–Trinajstić information content (AvgIpc) is 2.12. The zero-order valence-corrected chi connectivity index (χ0v) is 9.55. The minimum absolute atomic E-state index is 0.0179. The first-order valence-electron chi connectivity index (χ1n) is 4.72. The van der Waals surface area contributed by atoms with E-state index in [9.17, 15) is 8.42 Å². The number of nitrogens with zero attached hydrogens (tertiary/aromatic N) is 1. The van der Waals surface area contributed by atoms with Crippen LogP contribution in [0.2, 0.25) is 5.15 Å². The van der Waals surface area contributed by atoms with E-state index in [1.165, 1.54) is 12.3 Å². The third kappa shape index (κ3) is 2.30. The first-order valence-corrected chi connectivity index (χ1v) is 6.58. The van der Waals surface area contributed by atoms with Gasteiger partial charge in [0.2, 0.25) is 10.0 Å². The summed E-state index contributed by atoms with van der Waals surface area (Å²) >= 11 is 5.72. The van der Waals surface area contributed by atoms with Crippen LogP contribution in [0.1, 0.15) is 19.3 Å². The number of rotatable bonds is 3. The maximum absolute atomic E-state index is 11.8. The molecule has 0 saturated heterocycles. The van der Waals surface area contributed by atoms with E-state index in [1.54, 1.807) is 6.07 Å². The molecule has 1 aliphatic carbocycles. The fraction of sp³-hybridized carbons (Fsp3) is 0.444. The summed E-state index contributed by atoms with van der Waals surface area (Å²) < 4.78 is 26.2. The van der Waals surface area contributed by atoms with Crippen LogP contribution >= 0.6 is 11.6 Å². The van der Waals surface area contributed by atoms with Gasteiger partial charge in [-0.3, -0.25) is 0 Å². The molecule has 1 aliphatic rings. The van der Waals surface area contributed by atoms with Gasteiger partial charge in [0.1, 0.15) is 10.0 Å². The van der Waals surface area contributed by atoms with Gasteiger partial charge in [-0.15, -0.1) is 0 Å². The van der Waals surface area contributed by atoms with Gasteiger partial charge in [-0.25, -0.2) is 18.1 Å². The van der Waals surface area contributed by atoms with Gasteiger partial charge in [-0.2, -0.15) is 0 Å². The topological polar surface area (TPSA) is 59.1 Å². The van der Waals surface area contributed by atoms with Crippen LogP contribution in [-0.2, 0) is 10.0 Å². The molecule has 1 heterocycles. The van der Waals surface area contributed by atoms with Gasteiger partial charge < -0.3 is 0 Å². The molecular weight excluding hydrogens is 236 g/mol. The second-order valence-electron chi connectivity index (χ2n) is 3.54. The van der Waals surface area contributed by atoms with Crippen LogP contribution in [0.25, 0.3) is 0 Å². The molecule has 0 spiro atoms. The van der Waals surface area contributed by atoms with Crippen molar-refractivity contribution >= 4 is 21.6 Å². The Kier molecular flexibility index (Phi) is 2.95. The highest BCUT2D eigenvalue weighted by molar-refractivity contribution is 7.89. The van der Waals surface area contributed by atoms with Crippen molar-refractivity contribution in [2.45, 2.75) is 30.2 Å². The van der Waals surface area contributed by atoms with E-state index in [-0.39, 0.29) is 16.1 Å². The van der Waals surface area contributed by atoms with Crippen molar-refractivity contribution in [1.29, 1.82) is 0 Å². The lowest BCUT2D eigenvalue weighted by atomic mass is 9.94. The predicted octanol–water partition coefficient (Wildman–Crippen LogP) is 1.57. The lowest BCUT2D eigenvalue weighted by Gasteiger charge is -2.26. The Morgan fingerprint density at radius 2 is 2.20 bits per heavy atom. The second kappa shape index (κ2) is 4.08. The van der Waals surface area contributed by atoms with Crippen molar-refractivity contribution < 1.29 is 8.42 Å². The maximum atomic E-state index is 11.8. The second-order valence-corrected chi connectivity index (χ2v) is 5.58.